The first-order chi connectivity index (χ1) is 9.15. The van der Waals surface area contributed by atoms with Crippen molar-refractivity contribution in [3.63, 3.8) is 0 Å². The molecule has 98 valence electrons. The molecule has 1 atom stereocenters. The number of aliphatic hydroxyl groups is 1. The van der Waals surface area contributed by atoms with Crippen LogP contribution in [0.3, 0.4) is 0 Å². The topological polar surface area (TPSA) is 33.4 Å². The highest BCUT2D eigenvalue weighted by molar-refractivity contribution is 7.07. The van der Waals surface area contributed by atoms with Gasteiger partial charge in [-0.3, -0.25) is 0 Å². The summed E-state index contributed by atoms with van der Waals surface area (Å²) in [6.07, 6.45) is -0.197. The third kappa shape index (κ3) is 2.29. The van der Waals surface area contributed by atoms with E-state index in [2.05, 4.69) is 0 Å². The van der Waals surface area contributed by atoms with Crippen molar-refractivity contribution in [2.24, 2.45) is 0 Å². The zero-order valence-corrected chi connectivity index (χ0v) is 11.2. The number of aliphatic hydroxyl groups excluding tert-OH is 1. The van der Waals surface area contributed by atoms with E-state index >= 15 is 0 Å². The van der Waals surface area contributed by atoms with Gasteiger partial charge in [0.15, 0.2) is 0 Å². The summed E-state index contributed by atoms with van der Waals surface area (Å²) in [5, 5.41) is 15.0. The summed E-state index contributed by atoms with van der Waals surface area (Å²) in [5.41, 5.74) is 2.49. The lowest BCUT2D eigenvalue weighted by Gasteiger charge is -2.07. The van der Waals surface area contributed by atoms with Gasteiger partial charge in [0.2, 0.25) is 0 Å². The molecule has 1 aromatic carbocycles. The number of fused-ring (bicyclic) bond motifs is 1. The number of aryl methyl sites for hydroxylation is 1. The van der Waals surface area contributed by atoms with Crippen LogP contribution >= 0.6 is 11.3 Å². The van der Waals surface area contributed by atoms with Crippen molar-refractivity contribution in [3.8, 4) is 0 Å². The van der Waals surface area contributed by atoms with Crippen molar-refractivity contribution in [1.82, 2.24) is 0 Å². The Bertz CT molecular complexity index is 700. The number of hydrogen-bond donors (Lipinski definition) is 1. The van der Waals surface area contributed by atoms with Gasteiger partial charge >= 0.3 is 0 Å². The molecule has 0 amide bonds. The number of benzene rings is 1. The predicted molar refractivity (Wildman–Crippen MR) is 73.9 cm³/mol. The third-order valence-electron chi connectivity index (χ3n) is 3.25. The van der Waals surface area contributed by atoms with Crippen LogP contribution in [0.4, 0.5) is 4.39 Å². The summed E-state index contributed by atoms with van der Waals surface area (Å²) in [5.74, 6) is 0.224. The summed E-state index contributed by atoms with van der Waals surface area (Å²) in [6, 6.07) is 6.37. The molecule has 0 saturated heterocycles. The maximum Gasteiger partial charge on any atom is 0.137 e. The minimum Gasteiger partial charge on any atom is -0.458 e. The number of furan rings is 1. The van der Waals surface area contributed by atoms with Crippen LogP contribution in [0.1, 0.15) is 23.0 Å². The monoisotopic (exact) mass is 276 g/mol. The van der Waals surface area contributed by atoms with Gasteiger partial charge in [-0.15, -0.1) is 0 Å². The standard InChI is InChI=1S/C15H13FO2S/c1-9-12-7-11(16)2-3-14(12)18-15(9)13(17)6-10-4-5-19-8-10/h2-5,7-8,13,17H,6H2,1H3. The van der Waals surface area contributed by atoms with Gasteiger partial charge in [-0.05, 0) is 47.5 Å². The van der Waals surface area contributed by atoms with Crippen molar-refractivity contribution in [1.29, 1.82) is 0 Å². The average molecular weight is 276 g/mol. The zero-order chi connectivity index (χ0) is 13.4. The van der Waals surface area contributed by atoms with E-state index in [1.807, 2.05) is 23.8 Å². The number of hydrogen-bond acceptors (Lipinski definition) is 3. The molecular weight excluding hydrogens is 263 g/mol. The molecular formula is C15H13FO2S. The largest absolute Gasteiger partial charge is 0.458 e. The number of rotatable bonds is 3. The molecule has 3 rings (SSSR count). The summed E-state index contributed by atoms with van der Waals surface area (Å²) >= 11 is 1.60. The van der Waals surface area contributed by atoms with Crippen LogP contribution in [0.25, 0.3) is 11.0 Å². The van der Waals surface area contributed by atoms with Crippen molar-refractivity contribution in [2.75, 3.05) is 0 Å². The molecule has 0 aliphatic heterocycles. The fraction of sp³-hybridized carbons (Fsp3) is 0.200. The first-order valence-corrected chi connectivity index (χ1v) is 6.97. The highest BCUT2D eigenvalue weighted by atomic mass is 32.1. The average Bonchev–Trinajstić information content (AvgIpc) is 2.98. The van der Waals surface area contributed by atoms with E-state index in [1.165, 1.54) is 12.1 Å². The van der Waals surface area contributed by atoms with E-state index in [-0.39, 0.29) is 5.82 Å². The van der Waals surface area contributed by atoms with Crippen LogP contribution < -0.4 is 0 Å². The number of halogens is 1. The summed E-state index contributed by atoms with van der Waals surface area (Å²) in [6.45, 7) is 1.84. The van der Waals surface area contributed by atoms with Crippen LogP contribution in [0.5, 0.6) is 0 Å². The van der Waals surface area contributed by atoms with Crippen LogP contribution in [0, 0.1) is 12.7 Å². The molecule has 1 N–H and O–H groups in total. The molecule has 1 unspecified atom stereocenters. The van der Waals surface area contributed by atoms with Gasteiger partial charge in [0.1, 0.15) is 23.3 Å². The molecule has 0 fully saturated rings. The van der Waals surface area contributed by atoms with Crippen molar-refractivity contribution >= 4 is 22.3 Å². The van der Waals surface area contributed by atoms with E-state index in [1.54, 1.807) is 17.4 Å². The minimum atomic E-state index is -0.704. The Balaban J connectivity index is 1.98. The molecule has 2 heterocycles. The van der Waals surface area contributed by atoms with Gasteiger partial charge in [0.05, 0.1) is 0 Å². The van der Waals surface area contributed by atoms with E-state index in [9.17, 15) is 9.50 Å². The molecule has 0 radical (unpaired) electrons. The predicted octanol–water partition coefficient (Wildman–Crippen LogP) is 4.22. The molecule has 0 saturated carbocycles. The summed E-state index contributed by atoms with van der Waals surface area (Å²) in [7, 11) is 0. The van der Waals surface area contributed by atoms with Gasteiger partial charge in [0, 0.05) is 17.4 Å². The fourth-order valence-corrected chi connectivity index (χ4v) is 2.94. The molecule has 19 heavy (non-hydrogen) atoms. The lowest BCUT2D eigenvalue weighted by atomic mass is 10.0. The molecule has 4 heteroatoms. The maximum atomic E-state index is 13.2. The maximum absolute atomic E-state index is 13.2. The van der Waals surface area contributed by atoms with E-state index in [0.29, 0.717) is 17.8 Å². The second-order valence-corrected chi connectivity index (χ2v) is 5.36. The summed E-state index contributed by atoms with van der Waals surface area (Å²) < 4.78 is 18.9. The minimum absolute atomic E-state index is 0.296. The quantitative estimate of drug-likeness (QED) is 0.777. The fourth-order valence-electron chi connectivity index (χ4n) is 2.25. The smallest absolute Gasteiger partial charge is 0.137 e. The Morgan fingerprint density at radius 2 is 2.21 bits per heavy atom. The Kier molecular flexibility index (Phi) is 3.12. The van der Waals surface area contributed by atoms with Crippen LogP contribution in [-0.2, 0) is 6.42 Å². The van der Waals surface area contributed by atoms with Crippen LogP contribution in [0.2, 0.25) is 0 Å². The van der Waals surface area contributed by atoms with E-state index < -0.39 is 6.10 Å². The van der Waals surface area contributed by atoms with Crippen molar-refractivity contribution in [3.05, 3.63) is 57.7 Å². The third-order valence-corrected chi connectivity index (χ3v) is 3.98. The molecule has 3 aromatic rings. The number of thiophene rings is 1. The Labute approximate surface area is 114 Å². The Morgan fingerprint density at radius 3 is 2.95 bits per heavy atom. The van der Waals surface area contributed by atoms with Gasteiger partial charge in [-0.25, -0.2) is 4.39 Å². The van der Waals surface area contributed by atoms with Gasteiger partial charge in [-0.1, -0.05) is 0 Å². The lowest BCUT2D eigenvalue weighted by Crippen LogP contribution is -2.01. The highest BCUT2D eigenvalue weighted by Gasteiger charge is 2.19. The molecule has 0 spiro atoms. The molecule has 2 nitrogen and oxygen atoms in total. The molecule has 0 bridgehead atoms. The van der Waals surface area contributed by atoms with Crippen molar-refractivity contribution in [2.45, 2.75) is 19.4 Å². The van der Waals surface area contributed by atoms with Crippen LogP contribution in [0.15, 0.2) is 39.4 Å². The van der Waals surface area contributed by atoms with Gasteiger partial charge in [0.25, 0.3) is 0 Å². The van der Waals surface area contributed by atoms with E-state index in [0.717, 1.165) is 16.5 Å². The normalized spacial score (nSPS) is 13.0. The molecule has 0 aliphatic carbocycles. The Hall–Kier alpha value is -1.65. The lowest BCUT2D eigenvalue weighted by molar-refractivity contribution is 0.152. The van der Waals surface area contributed by atoms with Crippen molar-refractivity contribution < 1.29 is 13.9 Å². The second-order valence-electron chi connectivity index (χ2n) is 4.58. The van der Waals surface area contributed by atoms with Crippen LogP contribution in [-0.4, -0.2) is 5.11 Å². The SMILES string of the molecule is Cc1c(C(O)Cc2ccsc2)oc2ccc(F)cc12. The molecule has 0 aliphatic rings. The van der Waals surface area contributed by atoms with E-state index in [4.69, 9.17) is 4.42 Å². The summed E-state index contributed by atoms with van der Waals surface area (Å²) in [4.78, 5) is 0. The van der Waals surface area contributed by atoms with Gasteiger partial charge in [-0.2, -0.15) is 11.3 Å². The Morgan fingerprint density at radius 1 is 1.37 bits per heavy atom. The highest BCUT2D eigenvalue weighted by Crippen LogP contribution is 2.31. The van der Waals surface area contributed by atoms with Gasteiger partial charge < -0.3 is 9.52 Å². The molecule has 2 aromatic heterocycles. The zero-order valence-electron chi connectivity index (χ0n) is 10.4. The first-order valence-electron chi connectivity index (χ1n) is 6.03. The second kappa shape index (κ2) is 4.79. The first kappa shape index (κ1) is 12.4.